The molecule has 2 saturated heterocycles. The molecule has 2 aliphatic heterocycles. The number of aliphatic hydroxyl groups excluding tert-OH is 1. The Labute approximate surface area is 182 Å². The van der Waals surface area contributed by atoms with Gasteiger partial charge in [-0.05, 0) is 18.4 Å². The average Bonchev–Trinajstić information content (AvgIpc) is 3.22. The molecule has 3 N–H and O–H groups in total. The van der Waals surface area contributed by atoms with Crippen molar-refractivity contribution in [3.63, 3.8) is 0 Å². The SMILES string of the molecule is O=C(Cc1ccccc1)NCC1OC(Cc2cc(CN3CCNCC3)on2)CCC1O. The van der Waals surface area contributed by atoms with Gasteiger partial charge in [-0.25, -0.2) is 0 Å². The lowest BCUT2D eigenvalue weighted by Crippen LogP contribution is -2.46. The minimum atomic E-state index is -0.575. The molecule has 0 radical (unpaired) electrons. The van der Waals surface area contributed by atoms with Gasteiger partial charge in [0.2, 0.25) is 5.91 Å². The molecule has 3 atom stereocenters. The molecule has 4 rings (SSSR count). The molecule has 0 aliphatic carbocycles. The van der Waals surface area contributed by atoms with E-state index in [1.54, 1.807) is 0 Å². The third kappa shape index (κ3) is 6.61. The van der Waals surface area contributed by atoms with E-state index in [9.17, 15) is 9.90 Å². The van der Waals surface area contributed by atoms with Crippen LogP contribution in [0.25, 0.3) is 0 Å². The third-order valence-electron chi connectivity index (χ3n) is 5.92. The van der Waals surface area contributed by atoms with Crippen molar-refractivity contribution in [2.45, 2.75) is 50.5 Å². The highest BCUT2D eigenvalue weighted by molar-refractivity contribution is 5.78. The van der Waals surface area contributed by atoms with Crippen LogP contribution in [0.1, 0.15) is 29.9 Å². The third-order valence-corrected chi connectivity index (χ3v) is 5.92. The van der Waals surface area contributed by atoms with Crippen LogP contribution in [0.5, 0.6) is 0 Å². The Morgan fingerprint density at radius 3 is 2.84 bits per heavy atom. The number of hydrogen-bond acceptors (Lipinski definition) is 7. The normalized spacial score (nSPS) is 24.7. The zero-order valence-corrected chi connectivity index (χ0v) is 17.8. The van der Waals surface area contributed by atoms with Crippen molar-refractivity contribution in [3.8, 4) is 0 Å². The van der Waals surface area contributed by atoms with Crippen molar-refractivity contribution >= 4 is 5.91 Å². The number of nitrogens with zero attached hydrogens (tertiary/aromatic N) is 2. The first-order valence-electron chi connectivity index (χ1n) is 11.2. The first-order valence-corrected chi connectivity index (χ1v) is 11.2. The molecule has 1 amide bonds. The molecule has 2 aromatic rings. The van der Waals surface area contributed by atoms with Crippen molar-refractivity contribution in [2.24, 2.45) is 0 Å². The van der Waals surface area contributed by atoms with Crippen molar-refractivity contribution in [1.82, 2.24) is 20.7 Å². The van der Waals surface area contributed by atoms with Crippen LogP contribution in [0.3, 0.4) is 0 Å². The maximum absolute atomic E-state index is 12.2. The maximum Gasteiger partial charge on any atom is 0.224 e. The Kier molecular flexibility index (Phi) is 7.69. The van der Waals surface area contributed by atoms with Gasteiger partial charge in [-0.15, -0.1) is 0 Å². The van der Waals surface area contributed by atoms with Gasteiger partial charge in [0.15, 0.2) is 5.76 Å². The maximum atomic E-state index is 12.2. The molecule has 31 heavy (non-hydrogen) atoms. The summed E-state index contributed by atoms with van der Waals surface area (Å²) in [4.78, 5) is 14.6. The number of nitrogens with one attached hydrogen (secondary N) is 2. The summed E-state index contributed by atoms with van der Waals surface area (Å²) >= 11 is 0. The van der Waals surface area contributed by atoms with Gasteiger partial charge in [0.05, 0.1) is 30.9 Å². The minimum Gasteiger partial charge on any atom is -0.390 e. The van der Waals surface area contributed by atoms with Gasteiger partial charge in [0.25, 0.3) is 0 Å². The Morgan fingerprint density at radius 2 is 2.03 bits per heavy atom. The first kappa shape index (κ1) is 22.0. The fourth-order valence-corrected chi connectivity index (χ4v) is 4.19. The number of aromatic nitrogens is 1. The first-order chi connectivity index (χ1) is 15.2. The molecule has 1 aromatic carbocycles. The topological polar surface area (TPSA) is 99.9 Å². The highest BCUT2D eigenvalue weighted by Crippen LogP contribution is 2.23. The van der Waals surface area contributed by atoms with Crippen LogP contribution in [0, 0.1) is 0 Å². The van der Waals surface area contributed by atoms with E-state index in [0.717, 1.165) is 56.2 Å². The average molecular weight is 429 g/mol. The summed E-state index contributed by atoms with van der Waals surface area (Å²) < 4.78 is 11.6. The van der Waals surface area contributed by atoms with Crippen LogP contribution >= 0.6 is 0 Å². The minimum absolute atomic E-state index is 0.0448. The Morgan fingerprint density at radius 1 is 1.23 bits per heavy atom. The van der Waals surface area contributed by atoms with Gasteiger partial charge >= 0.3 is 0 Å². The van der Waals surface area contributed by atoms with E-state index in [1.807, 2.05) is 36.4 Å². The van der Waals surface area contributed by atoms with Crippen LogP contribution in [-0.2, 0) is 28.9 Å². The molecular formula is C23H32N4O4. The van der Waals surface area contributed by atoms with E-state index < -0.39 is 12.2 Å². The molecule has 8 heteroatoms. The zero-order valence-electron chi connectivity index (χ0n) is 17.8. The smallest absolute Gasteiger partial charge is 0.224 e. The number of hydrogen-bond donors (Lipinski definition) is 3. The molecule has 1 aromatic heterocycles. The molecule has 3 heterocycles. The number of benzene rings is 1. The van der Waals surface area contributed by atoms with Crippen LogP contribution in [0.15, 0.2) is 40.9 Å². The van der Waals surface area contributed by atoms with E-state index >= 15 is 0 Å². The number of amides is 1. The zero-order chi connectivity index (χ0) is 21.5. The second kappa shape index (κ2) is 10.9. The van der Waals surface area contributed by atoms with Gasteiger partial charge in [-0.3, -0.25) is 9.69 Å². The number of carbonyl (C=O) groups is 1. The summed E-state index contributed by atoms with van der Waals surface area (Å²) in [6, 6.07) is 11.6. The van der Waals surface area contributed by atoms with E-state index in [1.165, 1.54) is 0 Å². The van der Waals surface area contributed by atoms with Gasteiger partial charge in [0, 0.05) is 45.2 Å². The molecule has 8 nitrogen and oxygen atoms in total. The highest BCUT2D eigenvalue weighted by Gasteiger charge is 2.31. The molecular weight excluding hydrogens is 396 g/mol. The molecule has 2 fully saturated rings. The molecule has 0 bridgehead atoms. The van der Waals surface area contributed by atoms with Crippen molar-refractivity contribution in [3.05, 3.63) is 53.4 Å². The highest BCUT2D eigenvalue weighted by atomic mass is 16.5. The van der Waals surface area contributed by atoms with E-state index in [0.29, 0.717) is 25.8 Å². The van der Waals surface area contributed by atoms with Crippen LogP contribution in [0.2, 0.25) is 0 Å². The van der Waals surface area contributed by atoms with Gasteiger partial charge in [-0.2, -0.15) is 0 Å². The summed E-state index contributed by atoms with van der Waals surface area (Å²) in [5.74, 6) is 0.802. The fourth-order valence-electron chi connectivity index (χ4n) is 4.19. The number of rotatable bonds is 8. The van der Waals surface area contributed by atoms with E-state index in [2.05, 4.69) is 20.7 Å². The summed E-state index contributed by atoms with van der Waals surface area (Å²) in [6.07, 6.45) is 1.34. The molecule has 2 aliphatic rings. The molecule has 0 spiro atoms. The standard InChI is InChI=1S/C23H32N4O4/c28-21-7-6-19(13-18-14-20(31-26-18)16-27-10-8-24-9-11-27)30-22(21)15-25-23(29)12-17-4-2-1-3-5-17/h1-5,14,19,21-22,24,28H,6-13,15-16H2,(H,25,29). The number of aliphatic hydroxyl groups is 1. The fraction of sp³-hybridized carbons (Fsp3) is 0.565. The second-order valence-electron chi connectivity index (χ2n) is 8.42. The van der Waals surface area contributed by atoms with Crippen LogP contribution in [-0.4, -0.2) is 72.1 Å². The predicted molar refractivity (Wildman–Crippen MR) is 115 cm³/mol. The lowest BCUT2D eigenvalue weighted by molar-refractivity contribution is -0.128. The van der Waals surface area contributed by atoms with Crippen molar-refractivity contribution < 1.29 is 19.2 Å². The second-order valence-corrected chi connectivity index (χ2v) is 8.42. The number of ether oxygens (including phenoxy) is 1. The van der Waals surface area contributed by atoms with Crippen LogP contribution in [0.4, 0.5) is 0 Å². The van der Waals surface area contributed by atoms with Gasteiger partial charge in [-0.1, -0.05) is 35.5 Å². The molecule has 3 unspecified atom stereocenters. The predicted octanol–water partition coefficient (Wildman–Crippen LogP) is 0.890. The van der Waals surface area contributed by atoms with E-state index in [4.69, 9.17) is 9.26 Å². The van der Waals surface area contributed by atoms with Gasteiger partial charge in [0.1, 0.15) is 6.10 Å². The quantitative estimate of drug-likeness (QED) is 0.574. The summed E-state index contributed by atoms with van der Waals surface area (Å²) in [7, 11) is 0. The Bertz CT molecular complexity index is 822. The van der Waals surface area contributed by atoms with E-state index in [-0.39, 0.29) is 12.0 Å². The monoisotopic (exact) mass is 428 g/mol. The Balaban J connectivity index is 1.23. The summed E-state index contributed by atoms with van der Waals surface area (Å²) in [6.45, 7) is 5.10. The Hall–Kier alpha value is -2.26. The molecule has 168 valence electrons. The number of piperazine rings is 1. The lowest BCUT2D eigenvalue weighted by atomic mass is 9.98. The number of carbonyl (C=O) groups excluding carboxylic acids is 1. The summed E-state index contributed by atoms with van der Waals surface area (Å²) in [5.41, 5.74) is 1.84. The van der Waals surface area contributed by atoms with Crippen molar-refractivity contribution in [1.29, 1.82) is 0 Å². The van der Waals surface area contributed by atoms with Crippen molar-refractivity contribution in [2.75, 3.05) is 32.7 Å². The largest absolute Gasteiger partial charge is 0.390 e. The van der Waals surface area contributed by atoms with Crippen LogP contribution < -0.4 is 10.6 Å². The summed E-state index contributed by atoms with van der Waals surface area (Å²) in [5, 5.41) is 20.8. The lowest BCUT2D eigenvalue weighted by Gasteiger charge is -2.33. The molecule has 0 saturated carbocycles. The van der Waals surface area contributed by atoms with Gasteiger partial charge < -0.3 is 25.0 Å².